The third-order valence-electron chi connectivity index (χ3n) is 4.17. The molecular weight excluding hydrogens is 398 g/mol. The second-order valence-corrected chi connectivity index (χ2v) is 6.29. The van der Waals surface area contributed by atoms with Gasteiger partial charge in [0.25, 0.3) is 12.0 Å². The molecule has 1 aromatic heterocycles. The summed E-state index contributed by atoms with van der Waals surface area (Å²) in [4.78, 5) is 12.3. The molecule has 0 N–H and O–H groups in total. The van der Waals surface area contributed by atoms with Crippen LogP contribution in [0.2, 0.25) is 5.02 Å². The van der Waals surface area contributed by atoms with Crippen LogP contribution in [0.3, 0.4) is 0 Å². The van der Waals surface area contributed by atoms with E-state index in [1.165, 1.54) is 25.3 Å². The Balaban J connectivity index is 2.44. The lowest BCUT2D eigenvalue weighted by Crippen LogP contribution is -2.25. The Bertz CT molecular complexity index is 1060. The fourth-order valence-corrected chi connectivity index (χ4v) is 3.17. The molecule has 0 amide bonds. The average molecular weight is 412 g/mol. The lowest BCUT2D eigenvalue weighted by atomic mass is 9.97. The van der Waals surface area contributed by atoms with Crippen molar-refractivity contribution in [1.29, 1.82) is 0 Å². The van der Waals surface area contributed by atoms with Crippen LogP contribution in [-0.2, 0) is 6.54 Å². The normalized spacial score (nSPS) is 11.1. The Morgan fingerprint density at radius 1 is 1.04 bits per heavy atom. The van der Waals surface area contributed by atoms with E-state index >= 15 is 0 Å². The number of pyridine rings is 1. The summed E-state index contributed by atoms with van der Waals surface area (Å²) in [5.41, 5.74) is -1.33. The molecule has 0 fully saturated rings. The third-order valence-corrected chi connectivity index (χ3v) is 4.50. The van der Waals surface area contributed by atoms with E-state index in [9.17, 15) is 22.4 Å². The first-order valence-corrected chi connectivity index (χ1v) is 8.51. The van der Waals surface area contributed by atoms with E-state index in [-0.39, 0.29) is 21.8 Å². The first-order valence-electron chi connectivity index (χ1n) is 8.13. The molecule has 0 aliphatic carbocycles. The van der Waals surface area contributed by atoms with Gasteiger partial charge in [-0.3, -0.25) is 4.79 Å². The predicted octanol–water partition coefficient (Wildman–Crippen LogP) is 5.39. The summed E-state index contributed by atoms with van der Waals surface area (Å²) in [6.07, 6.45) is -2.91. The van der Waals surface area contributed by atoms with Gasteiger partial charge in [-0.2, -0.15) is 0 Å². The Labute approximate surface area is 162 Å². The number of alkyl halides is 2. The van der Waals surface area contributed by atoms with E-state index in [1.807, 2.05) is 0 Å². The minimum absolute atomic E-state index is 0.119. The Kier molecular flexibility index (Phi) is 5.74. The Morgan fingerprint density at radius 2 is 1.71 bits per heavy atom. The standard InChI is InChI=1S/C20H14ClF4NO2/c1-28-11-5-7-14(21)13(9-11)12-6-8-18(27)26(10-17(24)25)20(12)19-15(22)3-2-4-16(19)23/h2-9,17H,10H2,1H3. The summed E-state index contributed by atoms with van der Waals surface area (Å²) >= 11 is 6.25. The highest BCUT2D eigenvalue weighted by Crippen LogP contribution is 2.39. The van der Waals surface area contributed by atoms with Crippen molar-refractivity contribution in [3.63, 3.8) is 0 Å². The quantitative estimate of drug-likeness (QED) is 0.527. The van der Waals surface area contributed by atoms with Gasteiger partial charge in [0.15, 0.2) is 0 Å². The van der Waals surface area contributed by atoms with E-state index in [0.29, 0.717) is 10.3 Å². The Morgan fingerprint density at radius 3 is 2.32 bits per heavy atom. The van der Waals surface area contributed by atoms with E-state index in [1.54, 1.807) is 6.07 Å². The minimum atomic E-state index is -2.91. The zero-order valence-electron chi connectivity index (χ0n) is 14.6. The van der Waals surface area contributed by atoms with E-state index in [4.69, 9.17) is 16.3 Å². The third kappa shape index (κ3) is 3.75. The molecule has 0 unspecified atom stereocenters. The molecule has 0 saturated heterocycles. The van der Waals surface area contributed by atoms with Crippen LogP contribution in [0, 0.1) is 11.6 Å². The highest BCUT2D eigenvalue weighted by Gasteiger charge is 2.23. The Hall–Kier alpha value is -2.80. The average Bonchev–Trinajstić information content (AvgIpc) is 2.64. The molecular formula is C20H14ClF4NO2. The van der Waals surface area contributed by atoms with Gasteiger partial charge in [-0.1, -0.05) is 17.7 Å². The lowest BCUT2D eigenvalue weighted by Gasteiger charge is -2.19. The summed E-state index contributed by atoms with van der Waals surface area (Å²) in [5.74, 6) is -1.59. The van der Waals surface area contributed by atoms with Crippen LogP contribution in [0.15, 0.2) is 53.3 Å². The highest BCUT2D eigenvalue weighted by molar-refractivity contribution is 6.33. The molecule has 3 nitrogen and oxygen atoms in total. The van der Waals surface area contributed by atoms with Crippen molar-refractivity contribution < 1.29 is 22.3 Å². The van der Waals surface area contributed by atoms with Gasteiger partial charge in [-0.15, -0.1) is 0 Å². The van der Waals surface area contributed by atoms with Crippen molar-refractivity contribution in [2.45, 2.75) is 13.0 Å². The molecule has 3 aromatic rings. The number of aromatic nitrogens is 1. The number of halogens is 5. The summed E-state index contributed by atoms with van der Waals surface area (Å²) < 4.78 is 61.1. The fraction of sp³-hybridized carbons (Fsp3) is 0.150. The number of hydrogen-bond donors (Lipinski definition) is 0. The number of hydrogen-bond acceptors (Lipinski definition) is 2. The molecule has 0 spiro atoms. The van der Waals surface area contributed by atoms with Crippen LogP contribution in [-0.4, -0.2) is 18.1 Å². The van der Waals surface area contributed by atoms with Crippen LogP contribution in [0.5, 0.6) is 5.75 Å². The molecule has 0 saturated carbocycles. The van der Waals surface area contributed by atoms with Crippen molar-refractivity contribution in [2.24, 2.45) is 0 Å². The van der Waals surface area contributed by atoms with Crippen molar-refractivity contribution in [2.75, 3.05) is 7.11 Å². The largest absolute Gasteiger partial charge is 0.497 e. The van der Waals surface area contributed by atoms with Crippen molar-refractivity contribution in [3.8, 4) is 28.1 Å². The lowest BCUT2D eigenvalue weighted by molar-refractivity contribution is 0.126. The molecule has 2 aromatic carbocycles. The molecule has 0 aliphatic rings. The zero-order valence-corrected chi connectivity index (χ0v) is 15.3. The maximum atomic E-state index is 14.5. The molecule has 146 valence electrons. The van der Waals surface area contributed by atoms with E-state index in [2.05, 4.69) is 0 Å². The van der Waals surface area contributed by atoms with Gasteiger partial charge in [0, 0.05) is 22.2 Å². The van der Waals surface area contributed by atoms with Crippen molar-refractivity contribution in [3.05, 3.63) is 75.5 Å². The van der Waals surface area contributed by atoms with Crippen molar-refractivity contribution in [1.82, 2.24) is 4.57 Å². The van der Waals surface area contributed by atoms with Crippen molar-refractivity contribution >= 4 is 11.6 Å². The molecule has 28 heavy (non-hydrogen) atoms. The zero-order chi connectivity index (χ0) is 20.4. The molecule has 1 heterocycles. The number of methoxy groups -OCH3 is 1. The topological polar surface area (TPSA) is 31.2 Å². The SMILES string of the molecule is COc1ccc(Cl)c(-c2ccc(=O)n(CC(F)F)c2-c2c(F)cccc2F)c1. The molecule has 0 radical (unpaired) electrons. The summed E-state index contributed by atoms with van der Waals surface area (Å²) in [7, 11) is 1.42. The second kappa shape index (κ2) is 8.06. The molecule has 0 aliphatic heterocycles. The van der Waals surface area contributed by atoms with E-state index in [0.717, 1.165) is 24.3 Å². The van der Waals surface area contributed by atoms with Gasteiger partial charge in [0.1, 0.15) is 17.4 Å². The van der Waals surface area contributed by atoms with E-state index < -0.39 is 35.7 Å². The van der Waals surface area contributed by atoms with Gasteiger partial charge in [0.05, 0.1) is 24.9 Å². The van der Waals surface area contributed by atoms with Gasteiger partial charge in [-0.25, -0.2) is 17.6 Å². The second-order valence-electron chi connectivity index (χ2n) is 5.88. The summed E-state index contributed by atoms with van der Waals surface area (Å²) in [6, 6.07) is 10.0. The maximum Gasteiger partial charge on any atom is 0.256 e. The molecule has 8 heteroatoms. The first-order chi connectivity index (χ1) is 13.3. The predicted molar refractivity (Wildman–Crippen MR) is 99.1 cm³/mol. The van der Waals surface area contributed by atoms with Gasteiger partial charge in [-0.05, 0) is 36.4 Å². The number of rotatable bonds is 5. The minimum Gasteiger partial charge on any atom is -0.497 e. The van der Waals surface area contributed by atoms with Crippen LogP contribution >= 0.6 is 11.6 Å². The number of nitrogens with zero attached hydrogens (tertiary/aromatic N) is 1. The fourth-order valence-electron chi connectivity index (χ4n) is 2.95. The van der Waals surface area contributed by atoms with Gasteiger partial charge >= 0.3 is 0 Å². The number of ether oxygens (including phenoxy) is 1. The van der Waals surface area contributed by atoms with Crippen LogP contribution < -0.4 is 10.3 Å². The number of benzene rings is 2. The monoisotopic (exact) mass is 411 g/mol. The summed E-state index contributed by atoms with van der Waals surface area (Å²) in [6.45, 7) is -1.03. The van der Waals surface area contributed by atoms with Crippen LogP contribution in [0.1, 0.15) is 0 Å². The molecule has 0 bridgehead atoms. The molecule has 0 atom stereocenters. The van der Waals surface area contributed by atoms with Gasteiger partial charge in [0.2, 0.25) is 0 Å². The van der Waals surface area contributed by atoms with Crippen LogP contribution in [0.25, 0.3) is 22.4 Å². The molecule has 3 rings (SSSR count). The summed E-state index contributed by atoms with van der Waals surface area (Å²) in [5, 5.41) is 0.195. The highest BCUT2D eigenvalue weighted by atomic mass is 35.5. The first kappa shape index (κ1) is 19.9. The van der Waals surface area contributed by atoms with Crippen LogP contribution in [0.4, 0.5) is 17.6 Å². The smallest absolute Gasteiger partial charge is 0.256 e. The van der Waals surface area contributed by atoms with Gasteiger partial charge < -0.3 is 9.30 Å². The maximum absolute atomic E-state index is 14.5.